The van der Waals surface area contributed by atoms with Crippen molar-refractivity contribution in [3.05, 3.63) is 36.0 Å². The van der Waals surface area contributed by atoms with E-state index in [9.17, 15) is 0 Å². The van der Waals surface area contributed by atoms with Gasteiger partial charge in [0.15, 0.2) is 0 Å². The Bertz CT molecular complexity index is 635. The van der Waals surface area contributed by atoms with E-state index in [1.807, 2.05) is 18.3 Å². The van der Waals surface area contributed by atoms with Crippen molar-refractivity contribution in [2.24, 2.45) is 5.92 Å². The Kier molecular flexibility index (Phi) is 5.53. The fourth-order valence-corrected chi connectivity index (χ4v) is 3.36. The maximum atomic E-state index is 5.22. The van der Waals surface area contributed by atoms with Crippen LogP contribution in [0.2, 0.25) is 0 Å². The molecule has 2 N–H and O–H groups in total. The first-order chi connectivity index (χ1) is 11.7. The Labute approximate surface area is 144 Å². The second-order valence-corrected chi connectivity index (χ2v) is 6.87. The quantitative estimate of drug-likeness (QED) is 0.820. The maximum Gasteiger partial charge on any atom is 0.118 e. The van der Waals surface area contributed by atoms with Crippen LogP contribution in [0.25, 0.3) is 11.3 Å². The summed E-state index contributed by atoms with van der Waals surface area (Å²) in [6.07, 6.45) is 3.21. The van der Waals surface area contributed by atoms with Gasteiger partial charge in [-0.05, 0) is 63.5 Å². The lowest BCUT2D eigenvalue weighted by Gasteiger charge is -2.20. The highest BCUT2D eigenvalue weighted by Gasteiger charge is 2.23. The van der Waals surface area contributed by atoms with Crippen LogP contribution in [-0.4, -0.2) is 47.9 Å². The van der Waals surface area contributed by atoms with Crippen molar-refractivity contribution in [2.45, 2.75) is 32.9 Å². The van der Waals surface area contributed by atoms with Crippen LogP contribution < -0.4 is 10.1 Å². The molecule has 130 valence electrons. The summed E-state index contributed by atoms with van der Waals surface area (Å²) in [6, 6.07) is 8.74. The first-order valence-corrected chi connectivity index (χ1v) is 8.78. The van der Waals surface area contributed by atoms with Gasteiger partial charge in [0.25, 0.3) is 0 Å². The fraction of sp³-hybridized carbons (Fsp3) is 0.526. The van der Waals surface area contributed by atoms with Crippen LogP contribution in [0.15, 0.2) is 30.5 Å². The lowest BCUT2D eigenvalue weighted by molar-refractivity contribution is 0.264. The second kappa shape index (κ2) is 7.81. The number of benzene rings is 1. The Hall–Kier alpha value is -1.85. The lowest BCUT2D eigenvalue weighted by Crippen LogP contribution is -2.30. The van der Waals surface area contributed by atoms with Gasteiger partial charge in [-0.3, -0.25) is 5.10 Å². The topological polar surface area (TPSA) is 53.2 Å². The molecule has 1 aromatic carbocycles. The van der Waals surface area contributed by atoms with Crippen LogP contribution in [-0.2, 0) is 6.54 Å². The molecule has 3 rings (SSSR count). The van der Waals surface area contributed by atoms with Gasteiger partial charge < -0.3 is 15.0 Å². The third kappa shape index (κ3) is 3.97. The van der Waals surface area contributed by atoms with E-state index in [4.69, 9.17) is 4.74 Å². The highest BCUT2D eigenvalue weighted by molar-refractivity contribution is 5.63. The minimum absolute atomic E-state index is 0.658. The molecule has 2 aromatic rings. The molecule has 1 aliphatic heterocycles. The molecular formula is C19H28N4O. The molecule has 0 aliphatic carbocycles. The number of methoxy groups -OCH3 is 1. The predicted molar refractivity (Wildman–Crippen MR) is 97.1 cm³/mol. The van der Waals surface area contributed by atoms with Crippen LogP contribution in [0.4, 0.5) is 0 Å². The minimum atomic E-state index is 0.658. The number of ether oxygens (including phenoxy) is 1. The van der Waals surface area contributed by atoms with Crippen molar-refractivity contribution < 1.29 is 4.74 Å². The molecule has 1 saturated heterocycles. The van der Waals surface area contributed by atoms with Gasteiger partial charge in [-0.25, -0.2) is 0 Å². The lowest BCUT2D eigenvalue weighted by atomic mass is 10.1. The average molecular weight is 328 g/mol. The van der Waals surface area contributed by atoms with Crippen LogP contribution in [0, 0.1) is 5.92 Å². The number of aromatic amines is 1. The number of aromatic nitrogens is 2. The van der Waals surface area contributed by atoms with E-state index in [-0.39, 0.29) is 0 Å². The Morgan fingerprint density at radius 2 is 2.12 bits per heavy atom. The van der Waals surface area contributed by atoms with E-state index in [0.29, 0.717) is 6.04 Å². The molecule has 0 radical (unpaired) electrons. The van der Waals surface area contributed by atoms with Gasteiger partial charge in [-0.15, -0.1) is 0 Å². The van der Waals surface area contributed by atoms with Gasteiger partial charge in [0.05, 0.1) is 19.0 Å². The number of hydrogen-bond acceptors (Lipinski definition) is 4. The van der Waals surface area contributed by atoms with Crippen molar-refractivity contribution in [3.8, 4) is 17.0 Å². The van der Waals surface area contributed by atoms with Gasteiger partial charge >= 0.3 is 0 Å². The van der Waals surface area contributed by atoms with Crippen molar-refractivity contribution in [1.82, 2.24) is 20.4 Å². The van der Waals surface area contributed by atoms with Crippen LogP contribution in [0.3, 0.4) is 0 Å². The molecule has 5 heteroatoms. The van der Waals surface area contributed by atoms with Gasteiger partial charge in [0.1, 0.15) is 5.75 Å². The maximum absolute atomic E-state index is 5.22. The average Bonchev–Trinajstić information content (AvgIpc) is 3.24. The molecule has 2 heterocycles. The SMILES string of the molecule is COc1ccc(-c2[nH]ncc2CNC[C@H]2CCN(C(C)C)C2)cc1. The molecule has 1 fully saturated rings. The number of nitrogens with zero attached hydrogens (tertiary/aromatic N) is 2. The number of rotatable bonds is 7. The van der Waals surface area contributed by atoms with E-state index in [0.717, 1.165) is 36.0 Å². The summed E-state index contributed by atoms with van der Waals surface area (Å²) >= 11 is 0. The summed E-state index contributed by atoms with van der Waals surface area (Å²) < 4.78 is 5.22. The molecule has 1 atom stereocenters. The number of H-pyrrole nitrogens is 1. The molecule has 5 nitrogen and oxygen atoms in total. The third-order valence-electron chi connectivity index (χ3n) is 4.89. The fourth-order valence-electron chi connectivity index (χ4n) is 3.36. The molecule has 0 bridgehead atoms. The highest BCUT2D eigenvalue weighted by Crippen LogP contribution is 2.24. The largest absolute Gasteiger partial charge is 0.497 e. The van der Waals surface area contributed by atoms with Crippen molar-refractivity contribution in [3.63, 3.8) is 0 Å². The summed E-state index contributed by atoms with van der Waals surface area (Å²) in [5.41, 5.74) is 3.43. The summed E-state index contributed by atoms with van der Waals surface area (Å²) in [5, 5.41) is 11.0. The Morgan fingerprint density at radius 1 is 1.33 bits per heavy atom. The summed E-state index contributed by atoms with van der Waals surface area (Å²) in [4.78, 5) is 2.56. The van der Waals surface area contributed by atoms with Gasteiger partial charge in [0, 0.05) is 30.3 Å². The first kappa shape index (κ1) is 17.0. The number of likely N-dealkylation sites (tertiary alicyclic amines) is 1. The molecule has 0 unspecified atom stereocenters. The molecule has 0 saturated carbocycles. The smallest absolute Gasteiger partial charge is 0.118 e. The normalized spacial score (nSPS) is 18.4. The number of nitrogens with one attached hydrogen (secondary N) is 2. The van der Waals surface area contributed by atoms with Crippen molar-refractivity contribution in [2.75, 3.05) is 26.7 Å². The second-order valence-electron chi connectivity index (χ2n) is 6.87. The van der Waals surface area contributed by atoms with Gasteiger partial charge in [0.2, 0.25) is 0 Å². The standard InChI is InChI=1S/C19H28N4O/c1-14(2)23-9-8-15(13-23)10-20-11-17-12-21-22-19(17)16-4-6-18(24-3)7-5-16/h4-7,12,14-15,20H,8-11,13H2,1-3H3,(H,21,22)/t15-/m1/s1. The minimum Gasteiger partial charge on any atom is -0.497 e. The zero-order valence-electron chi connectivity index (χ0n) is 14.9. The van der Waals surface area contributed by atoms with Crippen LogP contribution in [0.5, 0.6) is 5.75 Å². The Morgan fingerprint density at radius 3 is 2.79 bits per heavy atom. The van der Waals surface area contributed by atoms with E-state index >= 15 is 0 Å². The van der Waals surface area contributed by atoms with Crippen molar-refractivity contribution >= 4 is 0 Å². The molecular weight excluding hydrogens is 300 g/mol. The Balaban J connectivity index is 1.54. The van der Waals surface area contributed by atoms with Gasteiger partial charge in [-0.2, -0.15) is 5.10 Å². The molecule has 0 spiro atoms. The molecule has 1 aliphatic rings. The zero-order chi connectivity index (χ0) is 16.9. The number of hydrogen-bond donors (Lipinski definition) is 2. The van der Waals surface area contributed by atoms with Crippen LogP contribution in [0.1, 0.15) is 25.8 Å². The molecule has 1 aromatic heterocycles. The van der Waals surface area contributed by atoms with Crippen LogP contribution >= 0.6 is 0 Å². The van der Waals surface area contributed by atoms with Gasteiger partial charge in [-0.1, -0.05) is 0 Å². The summed E-state index contributed by atoms with van der Waals surface area (Å²) in [5.74, 6) is 1.62. The third-order valence-corrected chi connectivity index (χ3v) is 4.89. The predicted octanol–water partition coefficient (Wildman–Crippen LogP) is 2.91. The molecule has 0 amide bonds. The molecule has 24 heavy (non-hydrogen) atoms. The summed E-state index contributed by atoms with van der Waals surface area (Å²) in [6.45, 7) is 8.91. The highest BCUT2D eigenvalue weighted by atomic mass is 16.5. The van der Waals surface area contributed by atoms with Crippen molar-refractivity contribution in [1.29, 1.82) is 0 Å². The zero-order valence-corrected chi connectivity index (χ0v) is 14.9. The first-order valence-electron chi connectivity index (χ1n) is 8.78. The monoisotopic (exact) mass is 328 g/mol. The van der Waals surface area contributed by atoms with E-state index in [1.165, 1.54) is 25.1 Å². The summed E-state index contributed by atoms with van der Waals surface area (Å²) in [7, 11) is 1.68. The van der Waals surface area contributed by atoms with E-state index < -0.39 is 0 Å². The van der Waals surface area contributed by atoms with E-state index in [1.54, 1.807) is 7.11 Å². The van der Waals surface area contributed by atoms with E-state index in [2.05, 4.69) is 46.4 Å².